The van der Waals surface area contributed by atoms with Crippen molar-refractivity contribution >= 4 is 17.2 Å². The molecular formula is C13H17N5. The van der Waals surface area contributed by atoms with Gasteiger partial charge in [0.15, 0.2) is 0 Å². The second-order valence-electron chi connectivity index (χ2n) is 4.13. The smallest absolute Gasteiger partial charge is 0.144 e. The molecule has 0 bridgehead atoms. The number of nitrogens with zero attached hydrogens (tertiary/aromatic N) is 3. The molecule has 18 heavy (non-hydrogen) atoms. The number of hydrogen-bond acceptors (Lipinski definition) is 5. The van der Waals surface area contributed by atoms with Gasteiger partial charge in [-0.3, -0.25) is 0 Å². The summed E-state index contributed by atoms with van der Waals surface area (Å²) in [6.45, 7) is 0.342. The van der Waals surface area contributed by atoms with Crippen LogP contribution in [0.2, 0.25) is 0 Å². The standard InChI is InChI=1S/C13H17N5/c1-18(2)11-5-3-10(4-6-11)16-12-7-8-15-13(9-14)17-12/h3-8H,9,14H2,1-2H3,(H,15,16,17). The van der Waals surface area contributed by atoms with Crippen molar-refractivity contribution in [2.75, 3.05) is 24.3 Å². The van der Waals surface area contributed by atoms with Crippen LogP contribution in [0.5, 0.6) is 0 Å². The molecule has 0 radical (unpaired) electrons. The summed E-state index contributed by atoms with van der Waals surface area (Å²) in [6.07, 6.45) is 1.70. The van der Waals surface area contributed by atoms with E-state index in [0.717, 1.165) is 17.2 Å². The van der Waals surface area contributed by atoms with Gasteiger partial charge in [0.1, 0.15) is 11.6 Å². The molecule has 1 aromatic heterocycles. The van der Waals surface area contributed by atoms with Gasteiger partial charge in [-0.25, -0.2) is 9.97 Å². The van der Waals surface area contributed by atoms with Gasteiger partial charge in [-0.2, -0.15) is 0 Å². The third-order valence-corrected chi connectivity index (χ3v) is 2.54. The summed E-state index contributed by atoms with van der Waals surface area (Å²) in [4.78, 5) is 10.4. The second-order valence-corrected chi connectivity index (χ2v) is 4.13. The van der Waals surface area contributed by atoms with E-state index in [2.05, 4.69) is 20.2 Å². The number of nitrogens with two attached hydrogens (primary N) is 1. The van der Waals surface area contributed by atoms with Crippen molar-refractivity contribution in [2.45, 2.75) is 6.54 Å². The maximum absolute atomic E-state index is 5.51. The van der Waals surface area contributed by atoms with E-state index >= 15 is 0 Å². The van der Waals surface area contributed by atoms with Crippen molar-refractivity contribution in [1.82, 2.24) is 9.97 Å². The second kappa shape index (κ2) is 5.46. The first-order valence-electron chi connectivity index (χ1n) is 5.75. The van der Waals surface area contributed by atoms with Gasteiger partial charge >= 0.3 is 0 Å². The van der Waals surface area contributed by atoms with Gasteiger partial charge in [-0.15, -0.1) is 0 Å². The molecule has 0 aliphatic heterocycles. The number of rotatable bonds is 4. The minimum atomic E-state index is 0.342. The molecule has 0 saturated heterocycles. The highest BCUT2D eigenvalue weighted by molar-refractivity contribution is 5.60. The van der Waals surface area contributed by atoms with Gasteiger partial charge < -0.3 is 16.0 Å². The van der Waals surface area contributed by atoms with Gasteiger partial charge in [0, 0.05) is 31.7 Å². The molecule has 5 heteroatoms. The van der Waals surface area contributed by atoms with Crippen LogP contribution < -0.4 is 16.0 Å². The fourth-order valence-corrected chi connectivity index (χ4v) is 1.56. The molecule has 94 valence electrons. The zero-order chi connectivity index (χ0) is 13.0. The highest BCUT2D eigenvalue weighted by atomic mass is 15.1. The van der Waals surface area contributed by atoms with Crippen LogP contribution in [0.1, 0.15) is 5.82 Å². The average Bonchev–Trinajstić information content (AvgIpc) is 2.39. The van der Waals surface area contributed by atoms with Crippen molar-refractivity contribution < 1.29 is 0 Å². The Labute approximate surface area is 107 Å². The lowest BCUT2D eigenvalue weighted by Crippen LogP contribution is -2.08. The Bertz CT molecular complexity index is 507. The summed E-state index contributed by atoms with van der Waals surface area (Å²) in [5.74, 6) is 1.38. The summed E-state index contributed by atoms with van der Waals surface area (Å²) in [6, 6.07) is 9.94. The molecule has 0 spiro atoms. The Morgan fingerprint density at radius 2 is 1.89 bits per heavy atom. The number of anilines is 3. The minimum absolute atomic E-state index is 0.342. The highest BCUT2D eigenvalue weighted by Crippen LogP contribution is 2.18. The fraction of sp³-hybridized carbons (Fsp3) is 0.231. The van der Waals surface area contributed by atoms with Crippen molar-refractivity contribution in [3.05, 3.63) is 42.4 Å². The van der Waals surface area contributed by atoms with Crippen LogP contribution in [-0.4, -0.2) is 24.1 Å². The monoisotopic (exact) mass is 243 g/mol. The Kier molecular flexibility index (Phi) is 3.74. The van der Waals surface area contributed by atoms with Crippen molar-refractivity contribution in [3.63, 3.8) is 0 Å². The van der Waals surface area contributed by atoms with E-state index in [0.29, 0.717) is 12.4 Å². The molecule has 2 rings (SSSR count). The molecule has 0 unspecified atom stereocenters. The zero-order valence-electron chi connectivity index (χ0n) is 10.6. The van der Waals surface area contributed by atoms with E-state index in [9.17, 15) is 0 Å². The Balaban J connectivity index is 2.13. The lowest BCUT2D eigenvalue weighted by atomic mass is 10.2. The van der Waals surface area contributed by atoms with Crippen LogP contribution in [0.4, 0.5) is 17.2 Å². The molecule has 0 aliphatic rings. The van der Waals surface area contributed by atoms with E-state index in [-0.39, 0.29) is 0 Å². The molecule has 0 atom stereocenters. The number of hydrogen-bond donors (Lipinski definition) is 2. The largest absolute Gasteiger partial charge is 0.378 e. The number of nitrogens with one attached hydrogen (secondary N) is 1. The third-order valence-electron chi connectivity index (χ3n) is 2.54. The maximum Gasteiger partial charge on any atom is 0.144 e. The van der Waals surface area contributed by atoms with Crippen LogP contribution in [0, 0.1) is 0 Å². The SMILES string of the molecule is CN(C)c1ccc(Nc2ccnc(CN)n2)cc1. The molecule has 0 aliphatic carbocycles. The first-order valence-corrected chi connectivity index (χ1v) is 5.75. The maximum atomic E-state index is 5.51. The Hall–Kier alpha value is -2.14. The van der Waals surface area contributed by atoms with Crippen LogP contribution in [0.25, 0.3) is 0 Å². The molecule has 0 fully saturated rings. The molecule has 5 nitrogen and oxygen atoms in total. The molecule has 2 aromatic rings. The fourth-order valence-electron chi connectivity index (χ4n) is 1.56. The number of aromatic nitrogens is 2. The van der Waals surface area contributed by atoms with Crippen LogP contribution >= 0.6 is 0 Å². The van der Waals surface area contributed by atoms with Gasteiger partial charge in [-0.1, -0.05) is 0 Å². The zero-order valence-corrected chi connectivity index (χ0v) is 10.6. The van der Waals surface area contributed by atoms with Crippen molar-refractivity contribution in [1.29, 1.82) is 0 Å². The summed E-state index contributed by atoms with van der Waals surface area (Å²) < 4.78 is 0. The van der Waals surface area contributed by atoms with E-state index in [4.69, 9.17) is 5.73 Å². The van der Waals surface area contributed by atoms with Gasteiger partial charge in [0.25, 0.3) is 0 Å². The molecule has 0 amide bonds. The van der Waals surface area contributed by atoms with Crippen LogP contribution in [-0.2, 0) is 6.54 Å². The van der Waals surface area contributed by atoms with E-state index < -0.39 is 0 Å². The lowest BCUT2D eigenvalue weighted by Gasteiger charge is -2.13. The lowest BCUT2D eigenvalue weighted by molar-refractivity contribution is 0.912. The normalized spacial score (nSPS) is 10.2. The predicted molar refractivity (Wildman–Crippen MR) is 74.0 cm³/mol. The number of benzene rings is 1. The summed E-state index contributed by atoms with van der Waals surface area (Å²) in [5, 5.41) is 3.22. The average molecular weight is 243 g/mol. The predicted octanol–water partition coefficient (Wildman–Crippen LogP) is 1.74. The summed E-state index contributed by atoms with van der Waals surface area (Å²) in [7, 11) is 4.03. The topological polar surface area (TPSA) is 67.1 Å². The van der Waals surface area contributed by atoms with Gasteiger partial charge in [0.2, 0.25) is 0 Å². The van der Waals surface area contributed by atoms with Crippen LogP contribution in [0.15, 0.2) is 36.5 Å². The first-order chi connectivity index (χ1) is 8.69. The van der Waals surface area contributed by atoms with E-state index in [1.807, 2.05) is 44.4 Å². The van der Waals surface area contributed by atoms with E-state index in [1.165, 1.54) is 0 Å². The quantitative estimate of drug-likeness (QED) is 0.856. The molecule has 1 heterocycles. The Morgan fingerprint density at radius 1 is 1.17 bits per heavy atom. The summed E-state index contributed by atoms with van der Waals surface area (Å²) >= 11 is 0. The van der Waals surface area contributed by atoms with Gasteiger partial charge in [-0.05, 0) is 30.3 Å². The van der Waals surface area contributed by atoms with Crippen molar-refractivity contribution in [3.8, 4) is 0 Å². The van der Waals surface area contributed by atoms with Crippen molar-refractivity contribution in [2.24, 2.45) is 5.73 Å². The highest BCUT2D eigenvalue weighted by Gasteiger charge is 1.99. The molecule has 0 saturated carbocycles. The first kappa shape index (κ1) is 12.3. The van der Waals surface area contributed by atoms with Gasteiger partial charge in [0.05, 0.1) is 6.54 Å². The molecular weight excluding hydrogens is 226 g/mol. The molecule has 1 aromatic carbocycles. The molecule has 3 N–H and O–H groups in total. The van der Waals surface area contributed by atoms with Crippen LogP contribution in [0.3, 0.4) is 0 Å². The summed E-state index contributed by atoms with van der Waals surface area (Å²) in [5.41, 5.74) is 7.65. The Morgan fingerprint density at radius 3 is 2.50 bits per heavy atom. The minimum Gasteiger partial charge on any atom is -0.378 e. The third kappa shape index (κ3) is 2.95. The van der Waals surface area contributed by atoms with E-state index in [1.54, 1.807) is 6.20 Å².